The average molecular weight is 193 g/mol. The molecule has 0 bridgehead atoms. The molecule has 76 valence electrons. The molecule has 0 radical (unpaired) electrons. The molecule has 0 atom stereocenters. The number of nitrogens with two attached hydrogens (primary N) is 1. The van der Waals surface area contributed by atoms with Gasteiger partial charge in [-0.15, -0.1) is 0 Å². The number of hydrogen-bond acceptors (Lipinski definition) is 3. The van der Waals surface area contributed by atoms with E-state index in [9.17, 15) is 4.79 Å². The maximum Gasteiger partial charge on any atom is 0.150 e. The number of carbonyl (C=O) groups is 1. The van der Waals surface area contributed by atoms with E-state index in [-0.39, 0.29) is 0 Å². The summed E-state index contributed by atoms with van der Waals surface area (Å²) in [6.45, 7) is 4.45. The Labute approximate surface area is 83.8 Å². The summed E-state index contributed by atoms with van der Waals surface area (Å²) < 4.78 is 0. The van der Waals surface area contributed by atoms with E-state index in [1.165, 1.54) is 5.56 Å². The lowest BCUT2D eigenvalue weighted by atomic mass is 9.99. The van der Waals surface area contributed by atoms with Crippen LogP contribution in [0, 0.1) is 13.8 Å². The van der Waals surface area contributed by atoms with Gasteiger partial charge in [0, 0.05) is 5.56 Å². The summed E-state index contributed by atoms with van der Waals surface area (Å²) in [4.78, 5) is 15.3. The summed E-state index contributed by atoms with van der Waals surface area (Å²) >= 11 is 0. The molecule has 14 heavy (non-hydrogen) atoms. The minimum atomic E-state index is 0.434. The summed E-state index contributed by atoms with van der Waals surface area (Å²) in [6.07, 6.45) is 1.55. The first-order valence-electron chi connectivity index (χ1n) is 4.56. The Hall–Kier alpha value is -1.19. The molecule has 0 aliphatic rings. The first-order valence-corrected chi connectivity index (χ1v) is 4.56. The van der Waals surface area contributed by atoms with E-state index in [4.69, 9.17) is 5.90 Å². The lowest BCUT2D eigenvalue weighted by Crippen LogP contribution is -2.06. The number of carbonyl (C=O) groups excluding carboxylic acids is 1. The third kappa shape index (κ3) is 2.40. The van der Waals surface area contributed by atoms with Crippen molar-refractivity contribution in [1.82, 2.24) is 0 Å². The first-order chi connectivity index (χ1) is 6.69. The largest absolute Gasteiger partial charge is 0.304 e. The topological polar surface area (TPSA) is 52.3 Å². The predicted molar refractivity (Wildman–Crippen MR) is 55.1 cm³/mol. The minimum Gasteiger partial charge on any atom is -0.304 e. The highest BCUT2D eigenvalue weighted by molar-refractivity contribution is 5.78. The van der Waals surface area contributed by atoms with Crippen LogP contribution in [0.25, 0.3) is 0 Å². The lowest BCUT2D eigenvalue weighted by Gasteiger charge is -2.07. The molecular weight excluding hydrogens is 178 g/mol. The standard InChI is InChI=1S/C11H15NO2/c1-8-5-10(3-4-14-12)11(7-13)6-9(8)2/h5-7H,3-4,12H2,1-2H3. The highest BCUT2D eigenvalue weighted by Gasteiger charge is 2.04. The van der Waals surface area contributed by atoms with Crippen molar-refractivity contribution in [3.8, 4) is 0 Å². The maximum absolute atomic E-state index is 10.8. The molecule has 3 heteroatoms. The van der Waals surface area contributed by atoms with Gasteiger partial charge in [-0.05, 0) is 43.0 Å². The zero-order valence-electron chi connectivity index (χ0n) is 8.54. The second-order valence-electron chi connectivity index (χ2n) is 3.37. The molecule has 0 amide bonds. The van der Waals surface area contributed by atoms with Gasteiger partial charge in [-0.25, -0.2) is 5.90 Å². The molecule has 0 unspecified atom stereocenters. The molecule has 0 aliphatic heterocycles. The monoisotopic (exact) mass is 193 g/mol. The Balaban J connectivity index is 3.00. The number of rotatable bonds is 4. The van der Waals surface area contributed by atoms with Crippen molar-refractivity contribution < 1.29 is 9.63 Å². The van der Waals surface area contributed by atoms with E-state index >= 15 is 0 Å². The fraction of sp³-hybridized carbons (Fsp3) is 0.364. The normalized spacial score (nSPS) is 10.2. The average Bonchev–Trinajstić information content (AvgIpc) is 2.19. The Morgan fingerprint density at radius 3 is 2.57 bits per heavy atom. The number of aryl methyl sites for hydroxylation is 2. The zero-order valence-corrected chi connectivity index (χ0v) is 8.54. The summed E-state index contributed by atoms with van der Waals surface area (Å²) in [7, 11) is 0. The predicted octanol–water partition coefficient (Wildman–Crippen LogP) is 1.55. The van der Waals surface area contributed by atoms with E-state index in [1.54, 1.807) is 0 Å². The lowest BCUT2D eigenvalue weighted by molar-refractivity contribution is 0.112. The van der Waals surface area contributed by atoms with Gasteiger partial charge in [-0.3, -0.25) is 4.79 Å². The Kier molecular flexibility index (Phi) is 3.80. The van der Waals surface area contributed by atoms with E-state index in [0.717, 1.165) is 23.0 Å². The minimum absolute atomic E-state index is 0.434. The molecule has 0 heterocycles. The van der Waals surface area contributed by atoms with Crippen molar-refractivity contribution in [2.24, 2.45) is 5.90 Å². The smallest absolute Gasteiger partial charge is 0.150 e. The van der Waals surface area contributed by atoms with Crippen LogP contribution in [0.3, 0.4) is 0 Å². The first kappa shape index (κ1) is 10.9. The molecule has 2 N–H and O–H groups in total. The molecule has 0 saturated heterocycles. The van der Waals surface area contributed by atoms with Gasteiger partial charge >= 0.3 is 0 Å². The fourth-order valence-electron chi connectivity index (χ4n) is 1.39. The van der Waals surface area contributed by atoms with Gasteiger partial charge in [0.1, 0.15) is 6.29 Å². The molecule has 0 aromatic heterocycles. The summed E-state index contributed by atoms with van der Waals surface area (Å²) in [5, 5.41) is 0. The fourth-order valence-corrected chi connectivity index (χ4v) is 1.39. The van der Waals surface area contributed by atoms with Crippen LogP contribution >= 0.6 is 0 Å². The second-order valence-corrected chi connectivity index (χ2v) is 3.37. The second kappa shape index (κ2) is 4.88. The van der Waals surface area contributed by atoms with Crippen LogP contribution in [-0.2, 0) is 11.3 Å². The molecule has 1 aromatic rings. The van der Waals surface area contributed by atoms with Crippen molar-refractivity contribution >= 4 is 6.29 Å². The number of aldehydes is 1. The molecule has 3 nitrogen and oxygen atoms in total. The van der Waals surface area contributed by atoms with Gasteiger partial charge in [-0.1, -0.05) is 6.07 Å². The Morgan fingerprint density at radius 1 is 1.36 bits per heavy atom. The molecule has 1 aromatic carbocycles. The summed E-state index contributed by atoms with van der Waals surface area (Å²) in [5.41, 5.74) is 4.03. The highest BCUT2D eigenvalue weighted by Crippen LogP contribution is 2.15. The van der Waals surface area contributed by atoms with Gasteiger partial charge in [0.2, 0.25) is 0 Å². The van der Waals surface area contributed by atoms with Crippen LogP contribution < -0.4 is 5.90 Å². The van der Waals surface area contributed by atoms with Crippen molar-refractivity contribution in [3.05, 3.63) is 34.4 Å². The Bertz CT molecular complexity index is 334. The van der Waals surface area contributed by atoms with E-state index in [2.05, 4.69) is 4.84 Å². The van der Waals surface area contributed by atoms with Crippen molar-refractivity contribution in [1.29, 1.82) is 0 Å². The summed E-state index contributed by atoms with van der Waals surface area (Å²) in [5.74, 6) is 4.95. The van der Waals surface area contributed by atoms with Gasteiger partial charge in [0.25, 0.3) is 0 Å². The number of hydrogen-bond donors (Lipinski definition) is 1. The molecule has 0 fully saturated rings. The van der Waals surface area contributed by atoms with Crippen LogP contribution in [0.15, 0.2) is 12.1 Å². The molecule has 1 rings (SSSR count). The van der Waals surface area contributed by atoms with Gasteiger partial charge in [0.05, 0.1) is 6.61 Å². The molecular formula is C11H15NO2. The van der Waals surface area contributed by atoms with Crippen LogP contribution in [0.5, 0.6) is 0 Å². The molecule has 0 aliphatic carbocycles. The van der Waals surface area contributed by atoms with Crippen molar-refractivity contribution in [2.75, 3.05) is 6.61 Å². The van der Waals surface area contributed by atoms with Gasteiger partial charge in [0.15, 0.2) is 0 Å². The van der Waals surface area contributed by atoms with E-state index < -0.39 is 0 Å². The van der Waals surface area contributed by atoms with Gasteiger partial charge in [-0.2, -0.15) is 0 Å². The van der Waals surface area contributed by atoms with Crippen molar-refractivity contribution in [3.63, 3.8) is 0 Å². The zero-order chi connectivity index (χ0) is 10.6. The van der Waals surface area contributed by atoms with E-state index in [0.29, 0.717) is 13.0 Å². The van der Waals surface area contributed by atoms with E-state index in [1.807, 2.05) is 26.0 Å². The quantitative estimate of drug-likeness (QED) is 0.583. The highest BCUT2D eigenvalue weighted by atomic mass is 16.6. The maximum atomic E-state index is 10.8. The van der Waals surface area contributed by atoms with Crippen LogP contribution in [0.1, 0.15) is 27.0 Å². The summed E-state index contributed by atoms with van der Waals surface area (Å²) in [6, 6.07) is 3.91. The van der Waals surface area contributed by atoms with Crippen LogP contribution in [0.2, 0.25) is 0 Å². The van der Waals surface area contributed by atoms with Crippen molar-refractivity contribution in [2.45, 2.75) is 20.3 Å². The molecule has 0 spiro atoms. The van der Waals surface area contributed by atoms with Crippen LogP contribution in [-0.4, -0.2) is 12.9 Å². The Morgan fingerprint density at radius 2 is 2.00 bits per heavy atom. The SMILES string of the molecule is Cc1cc(C=O)c(CCON)cc1C. The number of benzene rings is 1. The third-order valence-corrected chi connectivity index (χ3v) is 2.37. The van der Waals surface area contributed by atoms with Crippen LogP contribution in [0.4, 0.5) is 0 Å². The third-order valence-electron chi connectivity index (χ3n) is 2.37. The molecule has 0 saturated carbocycles. The van der Waals surface area contributed by atoms with Gasteiger partial charge < -0.3 is 4.84 Å².